The van der Waals surface area contributed by atoms with E-state index < -0.39 is 5.97 Å². The third-order valence-electron chi connectivity index (χ3n) is 5.61. The van der Waals surface area contributed by atoms with Gasteiger partial charge in [-0.15, -0.1) is 0 Å². The van der Waals surface area contributed by atoms with Crippen LogP contribution in [0.5, 0.6) is 0 Å². The van der Waals surface area contributed by atoms with Crippen molar-refractivity contribution in [2.45, 2.75) is 25.7 Å². The van der Waals surface area contributed by atoms with Crippen molar-refractivity contribution in [2.75, 3.05) is 7.11 Å². The molecule has 0 amide bonds. The molecule has 28 heavy (non-hydrogen) atoms. The van der Waals surface area contributed by atoms with Gasteiger partial charge in [0.15, 0.2) is 0 Å². The molecule has 0 bridgehead atoms. The molecule has 0 radical (unpaired) electrons. The van der Waals surface area contributed by atoms with Gasteiger partial charge in [-0.3, -0.25) is 14.3 Å². The van der Waals surface area contributed by atoms with E-state index in [0.29, 0.717) is 5.92 Å². The van der Waals surface area contributed by atoms with Gasteiger partial charge in [-0.1, -0.05) is 12.1 Å². The number of aromatic nitrogens is 3. The number of pyridine rings is 2. The zero-order chi connectivity index (χ0) is 19.4. The number of rotatable bonds is 3. The Morgan fingerprint density at radius 3 is 2.82 bits per heavy atom. The Bertz CT molecular complexity index is 1310. The molecule has 0 spiro atoms. The Labute approximate surface area is 160 Å². The number of fused-ring (bicyclic) bond motifs is 2. The van der Waals surface area contributed by atoms with E-state index in [1.165, 1.54) is 7.11 Å². The molecule has 1 fully saturated rings. The van der Waals surface area contributed by atoms with Gasteiger partial charge in [0, 0.05) is 11.6 Å². The number of ether oxygens (including phenoxy) is 1. The normalized spacial score (nSPS) is 13.9. The van der Waals surface area contributed by atoms with E-state index >= 15 is 0 Å². The minimum Gasteiger partial charge on any atom is -0.465 e. The monoisotopic (exact) mass is 373 g/mol. The topological polar surface area (TPSA) is 76.5 Å². The molecule has 3 aromatic heterocycles. The summed E-state index contributed by atoms with van der Waals surface area (Å²) in [4.78, 5) is 25.1. The highest BCUT2D eigenvalue weighted by molar-refractivity contribution is 5.97. The Balaban J connectivity index is 1.85. The number of methoxy groups -OCH3 is 1. The molecule has 0 unspecified atom stereocenters. The second-order valence-electron chi connectivity index (χ2n) is 7.29. The molecular formula is C22H19N3O3. The predicted octanol–water partition coefficient (Wildman–Crippen LogP) is 3.82. The second-order valence-corrected chi connectivity index (χ2v) is 7.29. The molecule has 1 aromatic carbocycles. The first-order chi connectivity index (χ1) is 13.6. The summed E-state index contributed by atoms with van der Waals surface area (Å²) in [6.45, 7) is 2.03. The third kappa shape index (κ3) is 2.37. The van der Waals surface area contributed by atoms with Crippen LogP contribution in [0.2, 0.25) is 0 Å². The first kappa shape index (κ1) is 16.7. The zero-order valence-electron chi connectivity index (χ0n) is 15.7. The summed E-state index contributed by atoms with van der Waals surface area (Å²) in [5.74, 6) is -0.219. The van der Waals surface area contributed by atoms with E-state index in [2.05, 4.69) is 16.3 Å². The van der Waals surface area contributed by atoms with Gasteiger partial charge in [-0.2, -0.15) is 5.10 Å². The number of hydrogen-bond acceptors (Lipinski definition) is 4. The highest BCUT2D eigenvalue weighted by Gasteiger charge is 2.29. The summed E-state index contributed by atoms with van der Waals surface area (Å²) in [5, 5.41) is 8.20. The number of aryl methyl sites for hydroxylation is 1. The van der Waals surface area contributed by atoms with Crippen molar-refractivity contribution >= 4 is 22.4 Å². The first-order valence-electron chi connectivity index (χ1n) is 9.30. The van der Waals surface area contributed by atoms with Crippen LogP contribution in [0.4, 0.5) is 0 Å². The van der Waals surface area contributed by atoms with Crippen molar-refractivity contribution in [3.8, 4) is 11.1 Å². The van der Waals surface area contributed by atoms with E-state index in [1.807, 2.05) is 31.3 Å². The van der Waals surface area contributed by atoms with Crippen LogP contribution in [0.25, 0.3) is 27.5 Å². The van der Waals surface area contributed by atoms with Gasteiger partial charge in [0.25, 0.3) is 5.56 Å². The van der Waals surface area contributed by atoms with E-state index in [-0.39, 0.29) is 11.1 Å². The smallest absolute Gasteiger partial charge is 0.343 e. The molecule has 3 heterocycles. The maximum absolute atomic E-state index is 12.9. The number of carbonyl (C=O) groups excluding carboxylic acids is 1. The Kier molecular flexibility index (Phi) is 3.62. The molecule has 1 aliphatic carbocycles. The maximum atomic E-state index is 12.9. The van der Waals surface area contributed by atoms with Gasteiger partial charge in [0.2, 0.25) is 0 Å². The molecule has 0 atom stereocenters. The van der Waals surface area contributed by atoms with Crippen molar-refractivity contribution in [3.05, 3.63) is 69.8 Å². The van der Waals surface area contributed by atoms with E-state index in [4.69, 9.17) is 4.74 Å². The summed E-state index contributed by atoms with van der Waals surface area (Å²) in [7, 11) is 1.30. The average molecular weight is 373 g/mol. The van der Waals surface area contributed by atoms with Crippen LogP contribution in [-0.2, 0) is 4.74 Å². The van der Waals surface area contributed by atoms with Crippen LogP contribution < -0.4 is 5.56 Å². The highest BCUT2D eigenvalue weighted by Crippen LogP contribution is 2.43. The lowest BCUT2D eigenvalue weighted by Gasteiger charge is -2.16. The molecule has 0 aliphatic heterocycles. The lowest BCUT2D eigenvalue weighted by molar-refractivity contribution is 0.0598. The summed E-state index contributed by atoms with van der Waals surface area (Å²) in [6, 6.07) is 9.72. The van der Waals surface area contributed by atoms with E-state index in [0.717, 1.165) is 51.5 Å². The molecule has 6 heteroatoms. The van der Waals surface area contributed by atoms with Crippen molar-refractivity contribution < 1.29 is 9.53 Å². The van der Waals surface area contributed by atoms with Gasteiger partial charge in [0.1, 0.15) is 5.56 Å². The Hall–Kier alpha value is -3.41. The Morgan fingerprint density at radius 1 is 1.25 bits per heavy atom. The van der Waals surface area contributed by atoms with Gasteiger partial charge in [0.05, 0.1) is 24.3 Å². The molecule has 1 saturated carbocycles. The standard InChI is InChI=1S/C22H19N3O3/c1-12-14(15-4-3-5-19-18(15)11-23-24-19)8-9-25-20(12)16(13-6-7-13)10-17(21(25)26)22(27)28-2/h3-5,8-11,13H,6-7H2,1-2H3,(H,23,24). The summed E-state index contributed by atoms with van der Waals surface area (Å²) in [6.07, 6.45) is 5.71. The van der Waals surface area contributed by atoms with Crippen molar-refractivity contribution in [1.82, 2.24) is 14.6 Å². The third-order valence-corrected chi connectivity index (χ3v) is 5.61. The van der Waals surface area contributed by atoms with Gasteiger partial charge in [-0.05, 0) is 66.1 Å². The quantitative estimate of drug-likeness (QED) is 0.554. The summed E-state index contributed by atoms with van der Waals surface area (Å²) >= 11 is 0. The number of esters is 1. The largest absolute Gasteiger partial charge is 0.465 e. The number of aromatic amines is 1. The van der Waals surface area contributed by atoms with Crippen molar-refractivity contribution in [1.29, 1.82) is 0 Å². The Morgan fingerprint density at radius 2 is 2.07 bits per heavy atom. The molecule has 1 aliphatic rings. The molecule has 0 saturated heterocycles. The van der Waals surface area contributed by atoms with E-state index in [1.54, 1.807) is 16.7 Å². The number of nitrogens with zero attached hydrogens (tertiary/aromatic N) is 2. The van der Waals surface area contributed by atoms with Gasteiger partial charge in [-0.25, -0.2) is 4.79 Å². The number of H-pyrrole nitrogens is 1. The molecule has 6 nitrogen and oxygen atoms in total. The molecule has 5 rings (SSSR count). The fourth-order valence-electron chi connectivity index (χ4n) is 4.05. The maximum Gasteiger partial charge on any atom is 0.343 e. The second kappa shape index (κ2) is 6.05. The first-order valence-corrected chi connectivity index (χ1v) is 9.30. The van der Waals surface area contributed by atoms with Crippen molar-refractivity contribution in [2.24, 2.45) is 0 Å². The molecule has 140 valence electrons. The summed E-state index contributed by atoms with van der Waals surface area (Å²) in [5.41, 5.74) is 5.78. The molecule has 1 N–H and O–H groups in total. The fourth-order valence-corrected chi connectivity index (χ4v) is 4.05. The van der Waals surface area contributed by atoms with Gasteiger partial charge >= 0.3 is 5.97 Å². The molecule has 4 aromatic rings. The number of hydrogen-bond donors (Lipinski definition) is 1. The SMILES string of the molecule is COC(=O)c1cc(C2CC2)c2c(C)c(-c3cccc4[nH]ncc34)ccn2c1=O. The zero-order valence-corrected chi connectivity index (χ0v) is 15.7. The van der Waals surface area contributed by atoms with Gasteiger partial charge < -0.3 is 4.74 Å². The fraction of sp³-hybridized carbons (Fsp3) is 0.227. The number of carbonyl (C=O) groups is 1. The summed E-state index contributed by atoms with van der Waals surface area (Å²) < 4.78 is 6.41. The lowest BCUT2D eigenvalue weighted by Crippen LogP contribution is -2.24. The minimum absolute atomic E-state index is 0.0889. The predicted molar refractivity (Wildman–Crippen MR) is 107 cm³/mol. The average Bonchev–Trinajstić information content (AvgIpc) is 3.44. The van der Waals surface area contributed by atoms with Crippen LogP contribution in [0.15, 0.2) is 47.5 Å². The number of benzene rings is 1. The van der Waals surface area contributed by atoms with Crippen LogP contribution in [0, 0.1) is 6.92 Å². The lowest BCUT2D eigenvalue weighted by atomic mass is 9.95. The van der Waals surface area contributed by atoms with Crippen LogP contribution in [0.1, 0.15) is 40.2 Å². The van der Waals surface area contributed by atoms with Crippen molar-refractivity contribution in [3.63, 3.8) is 0 Å². The van der Waals surface area contributed by atoms with Crippen LogP contribution in [0.3, 0.4) is 0 Å². The van der Waals surface area contributed by atoms with Crippen LogP contribution >= 0.6 is 0 Å². The van der Waals surface area contributed by atoms with Crippen LogP contribution in [-0.4, -0.2) is 27.7 Å². The molecular weight excluding hydrogens is 354 g/mol. The highest BCUT2D eigenvalue weighted by atomic mass is 16.5. The minimum atomic E-state index is -0.591. The number of nitrogens with one attached hydrogen (secondary N) is 1. The van der Waals surface area contributed by atoms with E-state index in [9.17, 15) is 9.59 Å².